The lowest BCUT2D eigenvalue weighted by Gasteiger charge is -2.19. The Kier molecular flexibility index (Phi) is 3.38. The molecule has 0 aliphatic heterocycles. The van der Waals surface area contributed by atoms with Gasteiger partial charge in [-0.25, -0.2) is 0 Å². The first-order valence-corrected chi connectivity index (χ1v) is 6.52. The van der Waals surface area contributed by atoms with Crippen LogP contribution in [0.1, 0.15) is 37.2 Å². The van der Waals surface area contributed by atoms with Gasteiger partial charge in [0.25, 0.3) is 5.91 Å². The molecular weight excluding hydrogens is 268 g/mol. The van der Waals surface area contributed by atoms with Crippen LogP contribution in [0.4, 0.5) is 0 Å². The highest BCUT2D eigenvalue weighted by atomic mass is 79.9. The maximum Gasteiger partial charge on any atom is 0.267 e. The number of aromatic amines is 1. The van der Waals surface area contributed by atoms with Crippen LogP contribution in [0.3, 0.4) is 0 Å². The number of H-pyrrole nitrogens is 1. The summed E-state index contributed by atoms with van der Waals surface area (Å²) in [6.45, 7) is 4.47. The highest BCUT2D eigenvalue weighted by molar-refractivity contribution is 9.10. The minimum absolute atomic E-state index is 0.00310. The van der Waals surface area contributed by atoms with Crippen LogP contribution < -0.4 is 5.32 Å². The molecule has 0 saturated heterocycles. The summed E-state index contributed by atoms with van der Waals surface area (Å²) in [5.74, 6) is 1.28. The van der Waals surface area contributed by atoms with Crippen molar-refractivity contribution < 1.29 is 4.79 Å². The number of carbonyl (C=O) groups excluding carboxylic acids is 1. The van der Waals surface area contributed by atoms with Crippen LogP contribution >= 0.6 is 15.9 Å². The number of carbonyl (C=O) groups is 1. The largest absolute Gasteiger partial charge is 0.356 e. The smallest absolute Gasteiger partial charge is 0.267 e. The van der Waals surface area contributed by atoms with Crippen molar-refractivity contribution in [2.75, 3.05) is 0 Å². The van der Waals surface area contributed by atoms with Gasteiger partial charge in [-0.15, -0.1) is 0 Å². The fraction of sp³-hybridized carbons (Fsp3) is 0.583. The van der Waals surface area contributed by atoms with Gasteiger partial charge in [0, 0.05) is 16.7 Å². The maximum absolute atomic E-state index is 11.9. The highest BCUT2D eigenvalue weighted by Gasteiger charge is 2.30. The molecular formula is C12H17BrN2O. The van der Waals surface area contributed by atoms with E-state index in [2.05, 4.69) is 40.1 Å². The molecule has 1 amide bonds. The summed E-state index contributed by atoms with van der Waals surface area (Å²) in [5.41, 5.74) is 0.624. The molecule has 1 fully saturated rings. The zero-order chi connectivity index (χ0) is 11.7. The predicted molar refractivity (Wildman–Crippen MR) is 67.3 cm³/mol. The van der Waals surface area contributed by atoms with Crippen LogP contribution in [0.5, 0.6) is 0 Å². The molecule has 3 unspecified atom stereocenters. The molecule has 1 heterocycles. The van der Waals surface area contributed by atoms with Crippen molar-refractivity contribution >= 4 is 21.8 Å². The number of hydrogen-bond donors (Lipinski definition) is 2. The SMILES string of the molecule is CC1CCC(NC(=O)c2cc(Br)c[nH]2)C1C. The number of aromatic nitrogens is 1. The standard InChI is InChI=1S/C12H17BrN2O/c1-7-3-4-10(8(7)2)15-12(16)11-5-9(13)6-14-11/h5-8,10,14H,3-4H2,1-2H3,(H,15,16). The zero-order valence-electron chi connectivity index (χ0n) is 9.59. The molecule has 4 heteroatoms. The molecule has 1 aromatic rings. The Morgan fingerprint density at radius 1 is 1.50 bits per heavy atom. The third-order valence-electron chi connectivity index (χ3n) is 3.67. The van der Waals surface area contributed by atoms with Crippen molar-refractivity contribution in [3.05, 3.63) is 22.4 Å². The average Bonchev–Trinajstić information content (AvgIpc) is 2.79. The van der Waals surface area contributed by atoms with Gasteiger partial charge in [0.15, 0.2) is 0 Å². The lowest BCUT2D eigenvalue weighted by Crippen LogP contribution is -2.37. The van der Waals surface area contributed by atoms with Crippen molar-refractivity contribution in [2.24, 2.45) is 11.8 Å². The Labute approximate surface area is 104 Å². The molecule has 0 aromatic carbocycles. The molecule has 16 heavy (non-hydrogen) atoms. The summed E-state index contributed by atoms with van der Waals surface area (Å²) in [4.78, 5) is 14.8. The van der Waals surface area contributed by atoms with E-state index in [-0.39, 0.29) is 5.91 Å². The van der Waals surface area contributed by atoms with E-state index >= 15 is 0 Å². The summed E-state index contributed by atoms with van der Waals surface area (Å²) < 4.78 is 0.908. The summed E-state index contributed by atoms with van der Waals surface area (Å²) in [5, 5.41) is 3.10. The summed E-state index contributed by atoms with van der Waals surface area (Å²) in [6, 6.07) is 2.13. The van der Waals surface area contributed by atoms with Gasteiger partial charge in [-0.2, -0.15) is 0 Å². The summed E-state index contributed by atoms with van der Waals surface area (Å²) in [7, 11) is 0. The zero-order valence-corrected chi connectivity index (χ0v) is 11.2. The molecule has 1 aliphatic rings. The Morgan fingerprint density at radius 2 is 2.25 bits per heavy atom. The van der Waals surface area contributed by atoms with Crippen molar-refractivity contribution in [3.63, 3.8) is 0 Å². The van der Waals surface area contributed by atoms with E-state index in [0.29, 0.717) is 23.6 Å². The number of amides is 1. The molecule has 1 aromatic heterocycles. The minimum atomic E-state index is -0.00310. The number of nitrogens with one attached hydrogen (secondary N) is 2. The molecule has 88 valence electrons. The van der Waals surface area contributed by atoms with E-state index in [4.69, 9.17) is 0 Å². The fourth-order valence-corrected chi connectivity index (χ4v) is 2.66. The third kappa shape index (κ3) is 2.32. The monoisotopic (exact) mass is 284 g/mol. The van der Waals surface area contributed by atoms with Gasteiger partial charge in [-0.05, 0) is 46.7 Å². The van der Waals surface area contributed by atoms with Crippen LogP contribution in [0, 0.1) is 11.8 Å². The molecule has 0 bridgehead atoms. The lowest BCUT2D eigenvalue weighted by molar-refractivity contribution is 0.0923. The van der Waals surface area contributed by atoms with Crippen molar-refractivity contribution in [1.82, 2.24) is 10.3 Å². The molecule has 2 rings (SSSR count). The molecule has 0 radical (unpaired) electrons. The number of rotatable bonds is 2. The van der Waals surface area contributed by atoms with Crippen molar-refractivity contribution in [1.29, 1.82) is 0 Å². The lowest BCUT2D eigenvalue weighted by atomic mass is 9.98. The topological polar surface area (TPSA) is 44.9 Å². The van der Waals surface area contributed by atoms with Gasteiger partial charge < -0.3 is 10.3 Å². The Hall–Kier alpha value is -0.770. The molecule has 0 spiro atoms. The van der Waals surface area contributed by atoms with E-state index in [9.17, 15) is 4.79 Å². The first-order valence-electron chi connectivity index (χ1n) is 5.72. The van der Waals surface area contributed by atoms with Crippen molar-refractivity contribution in [3.8, 4) is 0 Å². The van der Waals surface area contributed by atoms with Crippen LogP contribution in [0.15, 0.2) is 16.7 Å². The van der Waals surface area contributed by atoms with E-state index in [1.165, 1.54) is 6.42 Å². The quantitative estimate of drug-likeness (QED) is 0.862. The van der Waals surface area contributed by atoms with E-state index in [1.807, 2.05) is 0 Å². The van der Waals surface area contributed by atoms with E-state index < -0.39 is 0 Å². The normalized spacial score (nSPS) is 29.3. The molecule has 1 aliphatic carbocycles. The first kappa shape index (κ1) is 11.7. The summed E-state index contributed by atoms with van der Waals surface area (Å²) in [6.07, 6.45) is 4.08. The first-order chi connectivity index (χ1) is 7.58. The molecule has 1 saturated carbocycles. The van der Waals surface area contributed by atoms with Crippen molar-refractivity contribution in [2.45, 2.75) is 32.7 Å². The van der Waals surface area contributed by atoms with Crippen LogP contribution in [0.25, 0.3) is 0 Å². The van der Waals surface area contributed by atoms with Gasteiger partial charge in [-0.3, -0.25) is 4.79 Å². The molecule has 3 atom stereocenters. The van der Waals surface area contributed by atoms with Gasteiger partial charge in [-0.1, -0.05) is 13.8 Å². The number of halogens is 1. The predicted octanol–water partition coefficient (Wildman–Crippen LogP) is 2.94. The van der Waals surface area contributed by atoms with E-state index in [0.717, 1.165) is 10.9 Å². The Morgan fingerprint density at radius 3 is 2.75 bits per heavy atom. The van der Waals surface area contributed by atoms with Gasteiger partial charge >= 0.3 is 0 Å². The van der Waals surface area contributed by atoms with Gasteiger partial charge in [0.2, 0.25) is 0 Å². The summed E-state index contributed by atoms with van der Waals surface area (Å²) >= 11 is 3.32. The second kappa shape index (κ2) is 4.62. The van der Waals surface area contributed by atoms with Crippen LogP contribution in [0.2, 0.25) is 0 Å². The molecule has 2 N–H and O–H groups in total. The van der Waals surface area contributed by atoms with Crippen LogP contribution in [-0.2, 0) is 0 Å². The highest BCUT2D eigenvalue weighted by Crippen LogP contribution is 2.31. The van der Waals surface area contributed by atoms with Crippen LogP contribution in [-0.4, -0.2) is 16.9 Å². The average molecular weight is 285 g/mol. The molecule has 3 nitrogen and oxygen atoms in total. The van der Waals surface area contributed by atoms with Gasteiger partial charge in [0.1, 0.15) is 5.69 Å². The number of hydrogen-bond acceptors (Lipinski definition) is 1. The Balaban J connectivity index is 1.98. The second-order valence-corrected chi connectivity index (χ2v) is 5.64. The maximum atomic E-state index is 11.9. The Bertz CT molecular complexity index is 388. The fourth-order valence-electron chi connectivity index (χ4n) is 2.31. The minimum Gasteiger partial charge on any atom is -0.356 e. The van der Waals surface area contributed by atoms with Gasteiger partial charge in [0.05, 0.1) is 0 Å². The second-order valence-electron chi connectivity index (χ2n) is 4.73. The van der Waals surface area contributed by atoms with E-state index in [1.54, 1.807) is 12.3 Å². The third-order valence-corrected chi connectivity index (χ3v) is 4.13.